The van der Waals surface area contributed by atoms with Crippen LogP contribution in [0.2, 0.25) is 0 Å². The van der Waals surface area contributed by atoms with Gasteiger partial charge < -0.3 is 14.4 Å². The summed E-state index contributed by atoms with van der Waals surface area (Å²) in [5.74, 6) is 1.26. The minimum absolute atomic E-state index is 0.237. The third-order valence-corrected chi connectivity index (χ3v) is 3.83. The van der Waals surface area contributed by atoms with Crippen LogP contribution in [-0.4, -0.2) is 36.3 Å². The van der Waals surface area contributed by atoms with E-state index in [9.17, 15) is 4.79 Å². The third kappa shape index (κ3) is 3.76. The lowest BCUT2D eigenvalue weighted by atomic mass is 10.0. The number of amides is 1. The highest BCUT2D eigenvalue weighted by Gasteiger charge is 2.34. The van der Waals surface area contributed by atoms with Gasteiger partial charge in [-0.3, -0.25) is 0 Å². The van der Waals surface area contributed by atoms with Gasteiger partial charge in [0.1, 0.15) is 11.4 Å². The summed E-state index contributed by atoms with van der Waals surface area (Å²) in [7, 11) is 0. The highest BCUT2D eigenvalue weighted by molar-refractivity contribution is 5.88. The quantitative estimate of drug-likeness (QED) is 0.857. The van der Waals surface area contributed by atoms with Crippen molar-refractivity contribution in [2.75, 3.05) is 19.7 Å². The summed E-state index contributed by atoms with van der Waals surface area (Å²) in [5.41, 5.74) is -0.443. The molecule has 1 amide bonds. The summed E-state index contributed by atoms with van der Waals surface area (Å²) in [6, 6.07) is 14.3. The molecule has 0 unspecified atom stereocenters. The second-order valence-corrected chi connectivity index (χ2v) is 7.04. The smallest absolute Gasteiger partial charge is 0.410 e. The Kier molecular flexibility index (Phi) is 4.16. The van der Waals surface area contributed by atoms with E-state index in [0.29, 0.717) is 25.6 Å². The molecule has 0 radical (unpaired) electrons. The van der Waals surface area contributed by atoms with Crippen molar-refractivity contribution < 1.29 is 14.3 Å². The van der Waals surface area contributed by atoms with E-state index in [2.05, 4.69) is 18.2 Å². The number of carbonyl (C=O) groups excluding carboxylic acids is 1. The van der Waals surface area contributed by atoms with E-state index in [1.165, 1.54) is 5.39 Å². The fourth-order valence-corrected chi connectivity index (χ4v) is 2.68. The molecule has 0 spiro atoms. The molecular weight excluding hydrogens is 290 g/mol. The maximum absolute atomic E-state index is 11.9. The van der Waals surface area contributed by atoms with Crippen molar-refractivity contribution in [3.05, 3.63) is 42.5 Å². The zero-order valence-corrected chi connectivity index (χ0v) is 13.9. The van der Waals surface area contributed by atoms with Crippen molar-refractivity contribution in [1.29, 1.82) is 0 Å². The van der Waals surface area contributed by atoms with E-state index in [0.717, 1.165) is 11.1 Å². The van der Waals surface area contributed by atoms with Crippen molar-refractivity contribution in [1.82, 2.24) is 4.90 Å². The van der Waals surface area contributed by atoms with Crippen LogP contribution in [0.15, 0.2) is 42.5 Å². The monoisotopic (exact) mass is 313 g/mol. The predicted octanol–water partition coefficient (Wildman–Crippen LogP) is 4.09. The first-order valence-electron chi connectivity index (χ1n) is 8.01. The van der Waals surface area contributed by atoms with Gasteiger partial charge in [0.05, 0.1) is 6.61 Å². The van der Waals surface area contributed by atoms with Gasteiger partial charge in [0.25, 0.3) is 0 Å². The molecule has 0 N–H and O–H groups in total. The molecule has 1 aliphatic heterocycles. The van der Waals surface area contributed by atoms with Crippen LogP contribution in [0.1, 0.15) is 20.8 Å². The molecule has 2 aromatic carbocycles. The van der Waals surface area contributed by atoms with Crippen LogP contribution in [0.5, 0.6) is 5.75 Å². The SMILES string of the molecule is CC(C)(C)OC(=O)N1CC(COc2cccc3ccccc23)C1. The molecule has 23 heavy (non-hydrogen) atoms. The van der Waals surface area contributed by atoms with Gasteiger partial charge in [-0.1, -0.05) is 36.4 Å². The third-order valence-electron chi connectivity index (χ3n) is 3.83. The van der Waals surface area contributed by atoms with Crippen LogP contribution in [0.4, 0.5) is 4.79 Å². The van der Waals surface area contributed by atoms with Crippen LogP contribution >= 0.6 is 0 Å². The fraction of sp³-hybridized carbons (Fsp3) is 0.421. The number of benzene rings is 2. The van der Waals surface area contributed by atoms with Crippen molar-refractivity contribution in [2.45, 2.75) is 26.4 Å². The highest BCUT2D eigenvalue weighted by Crippen LogP contribution is 2.27. The highest BCUT2D eigenvalue weighted by atomic mass is 16.6. The summed E-state index contributed by atoms with van der Waals surface area (Å²) < 4.78 is 11.3. The average molecular weight is 313 g/mol. The molecule has 0 aliphatic carbocycles. The number of ether oxygens (including phenoxy) is 2. The van der Waals surface area contributed by atoms with Crippen LogP contribution in [0.25, 0.3) is 10.8 Å². The van der Waals surface area contributed by atoms with E-state index in [1.807, 2.05) is 45.0 Å². The van der Waals surface area contributed by atoms with Crippen LogP contribution in [-0.2, 0) is 4.74 Å². The predicted molar refractivity (Wildman–Crippen MR) is 90.7 cm³/mol. The molecule has 1 fully saturated rings. The standard InChI is InChI=1S/C19H23NO3/c1-19(2,3)23-18(21)20-11-14(12-20)13-22-17-10-6-8-15-7-4-5-9-16(15)17/h4-10,14H,11-13H2,1-3H3. The maximum atomic E-state index is 11.9. The normalized spacial score (nSPS) is 15.3. The Morgan fingerprint density at radius 1 is 1.13 bits per heavy atom. The minimum Gasteiger partial charge on any atom is -0.493 e. The summed E-state index contributed by atoms with van der Waals surface area (Å²) >= 11 is 0. The number of likely N-dealkylation sites (tertiary alicyclic amines) is 1. The Morgan fingerprint density at radius 3 is 2.57 bits per heavy atom. The Hall–Kier alpha value is -2.23. The molecule has 1 heterocycles. The van der Waals surface area contributed by atoms with Crippen molar-refractivity contribution in [2.24, 2.45) is 5.92 Å². The van der Waals surface area contributed by atoms with E-state index >= 15 is 0 Å². The minimum atomic E-state index is -0.443. The van der Waals surface area contributed by atoms with Gasteiger partial charge in [-0.05, 0) is 32.2 Å². The molecule has 0 bridgehead atoms. The lowest BCUT2D eigenvalue weighted by Gasteiger charge is -2.39. The summed E-state index contributed by atoms with van der Waals surface area (Å²) in [6.45, 7) is 7.65. The van der Waals surface area contributed by atoms with E-state index < -0.39 is 5.60 Å². The second kappa shape index (κ2) is 6.11. The molecule has 1 saturated heterocycles. The topological polar surface area (TPSA) is 38.8 Å². The summed E-state index contributed by atoms with van der Waals surface area (Å²) in [6.07, 6.45) is -0.237. The first kappa shape index (κ1) is 15.7. The summed E-state index contributed by atoms with van der Waals surface area (Å²) in [5, 5.41) is 2.30. The molecule has 0 aromatic heterocycles. The first-order valence-corrected chi connectivity index (χ1v) is 8.01. The van der Waals surface area contributed by atoms with Crippen LogP contribution < -0.4 is 4.74 Å². The average Bonchev–Trinajstić information content (AvgIpc) is 2.44. The van der Waals surface area contributed by atoms with Gasteiger partial charge in [0.15, 0.2) is 0 Å². The van der Waals surface area contributed by atoms with E-state index in [1.54, 1.807) is 4.90 Å². The van der Waals surface area contributed by atoms with Gasteiger partial charge in [0.2, 0.25) is 0 Å². The molecule has 0 atom stereocenters. The molecule has 2 aromatic rings. The van der Waals surface area contributed by atoms with Gasteiger partial charge in [-0.25, -0.2) is 4.79 Å². The first-order chi connectivity index (χ1) is 10.9. The largest absolute Gasteiger partial charge is 0.493 e. The molecule has 3 rings (SSSR count). The lowest BCUT2D eigenvalue weighted by Crippen LogP contribution is -2.53. The lowest BCUT2D eigenvalue weighted by molar-refractivity contribution is -0.00772. The number of fused-ring (bicyclic) bond motifs is 1. The van der Waals surface area contributed by atoms with E-state index in [4.69, 9.17) is 9.47 Å². The zero-order chi connectivity index (χ0) is 16.4. The fourth-order valence-electron chi connectivity index (χ4n) is 2.68. The van der Waals surface area contributed by atoms with Crippen molar-refractivity contribution >= 4 is 16.9 Å². The molecule has 1 aliphatic rings. The number of rotatable bonds is 3. The summed E-state index contributed by atoms with van der Waals surface area (Å²) in [4.78, 5) is 13.6. The maximum Gasteiger partial charge on any atom is 0.410 e. The Labute approximate surface area is 137 Å². The number of carbonyl (C=O) groups is 1. The number of hydrogen-bond acceptors (Lipinski definition) is 3. The molecular formula is C19H23NO3. The van der Waals surface area contributed by atoms with Gasteiger partial charge >= 0.3 is 6.09 Å². The van der Waals surface area contributed by atoms with Gasteiger partial charge in [0, 0.05) is 24.4 Å². The molecule has 122 valence electrons. The Bertz CT molecular complexity index is 694. The molecule has 0 saturated carbocycles. The second-order valence-electron chi connectivity index (χ2n) is 7.04. The van der Waals surface area contributed by atoms with Crippen LogP contribution in [0, 0.1) is 5.92 Å². The van der Waals surface area contributed by atoms with Crippen molar-refractivity contribution in [3.8, 4) is 5.75 Å². The van der Waals surface area contributed by atoms with Gasteiger partial charge in [-0.15, -0.1) is 0 Å². The van der Waals surface area contributed by atoms with Crippen LogP contribution in [0.3, 0.4) is 0 Å². The molecule has 4 heteroatoms. The Balaban J connectivity index is 1.52. The number of nitrogens with zero attached hydrogens (tertiary/aromatic N) is 1. The van der Waals surface area contributed by atoms with E-state index in [-0.39, 0.29) is 6.09 Å². The van der Waals surface area contributed by atoms with Gasteiger partial charge in [-0.2, -0.15) is 0 Å². The van der Waals surface area contributed by atoms with Crippen molar-refractivity contribution in [3.63, 3.8) is 0 Å². The Morgan fingerprint density at radius 2 is 1.83 bits per heavy atom. The molecule has 4 nitrogen and oxygen atoms in total. The zero-order valence-electron chi connectivity index (χ0n) is 13.9. The number of hydrogen-bond donors (Lipinski definition) is 0.